The zero-order chi connectivity index (χ0) is 14.5. The van der Waals surface area contributed by atoms with Crippen LogP contribution in [0.15, 0.2) is 30.3 Å². The molecule has 1 aromatic rings. The number of rotatable bonds is 6. The first-order chi connectivity index (χ1) is 8.86. The van der Waals surface area contributed by atoms with Gasteiger partial charge in [-0.15, -0.1) is 0 Å². The van der Waals surface area contributed by atoms with Crippen molar-refractivity contribution in [1.82, 2.24) is 5.32 Å². The van der Waals surface area contributed by atoms with Crippen molar-refractivity contribution in [1.29, 1.82) is 0 Å². The summed E-state index contributed by atoms with van der Waals surface area (Å²) in [6.07, 6.45) is -0.623. The first kappa shape index (κ1) is 15.5. The summed E-state index contributed by atoms with van der Waals surface area (Å²) in [7, 11) is 0. The van der Waals surface area contributed by atoms with Crippen LogP contribution in [0.3, 0.4) is 0 Å². The second-order valence-electron chi connectivity index (χ2n) is 5.21. The molecule has 0 saturated carbocycles. The minimum absolute atomic E-state index is 0.211. The van der Waals surface area contributed by atoms with Crippen LogP contribution in [0, 0.1) is 0 Å². The largest absolute Gasteiger partial charge is 0.481 e. The van der Waals surface area contributed by atoms with E-state index in [0.717, 1.165) is 0 Å². The molecule has 0 aliphatic rings. The second kappa shape index (κ2) is 6.57. The monoisotopic (exact) mass is 265 g/mol. The Hall–Kier alpha value is -1.55. The highest BCUT2D eigenvalue weighted by atomic mass is 16.5. The van der Waals surface area contributed by atoms with Gasteiger partial charge in [0.1, 0.15) is 5.75 Å². The number of benzene rings is 1. The molecule has 2 N–H and O–H groups in total. The minimum Gasteiger partial charge on any atom is -0.481 e. The highest BCUT2D eigenvalue weighted by Gasteiger charge is 2.29. The van der Waals surface area contributed by atoms with Crippen LogP contribution in [0.5, 0.6) is 5.75 Å². The van der Waals surface area contributed by atoms with Gasteiger partial charge in [0.2, 0.25) is 0 Å². The summed E-state index contributed by atoms with van der Waals surface area (Å²) in [4.78, 5) is 12.2. The molecule has 0 aliphatic carbocycles. The predicted octanol–water partition coefficient (Wildman–Crippen LogP) is 2.12. The molecule has 0 spiro atoms. The van der Waals surface area contributed by atoms with Gasteiger partial charge in [0.25, 0.3) is 5.91 Å². The third-order valence-electron chi connectivity index (χ3n) is 3.17. The average molecular weight is 265 g/mol. The molecule has 0 heterocycles. The molecule has 1 aromatic carbocycles. The maximum Gasteiger partial charge on any atom is 0.261 e. The van der Waals surface area contributed by atoms with Crippen LogP contribution >= 0.6 is 0 Å². The number of ether oxygens (including phenoxy) is 1. The van der Waals surface area contributed by atoms with Crippen LogP contribution in [-0.2, 0) is 4.79 Å². The molecule has 0 fully saturated rings. The number of aliphatic hydroxyl groups is 1. The van der Waals surface area contributed by atoms with Crippen LogP contribution in [-0.4, -0.2) is 28.8 Å². The van der Waals surface area contributed by atoms with E-state index in [9.17, 15) is 9.90 Å². The lowest BCUT2D eigenvalue weighted by atomic mass is 9.98. The van der Waals surface area contributed by atoms with Crippen molar-refractivity contribution in [2.45, 2.75) is 51.9 Å². The van der Waals surface area contributed by atoms with Gasteiger partial charge >= 0.3 is 0 Å². The molecule has 1 rings (SSSR count). The summed E-state index contributed by atoms with van der Waals surface area (Å²) in [5.74, 6) is 0.455. The maximum absolute atomic E-state index is 12.2. The zero-order valence-corrected chi connectivity index (χ0v) is 12.0. The smallest absolute Gasteiger partial charge is 0.261 e. The lowest BCUT2D eigenvalue weighted by molar-refractivity contribution is -0.131. The molecule has 106 valence electrons. The number of para-hydroxylation sites is 1. The molecule has 4 heteroatoms. The van der Waals surface area contributed by atoms with Gasteiger partial charge in [0.15, 0.2) is 6.10 Å². The SMILES string of the molecule is CCC(Oc1ccccc1)C(=O)NC(C)(C)C(C)O. The zero-order valence-electron chi connectivity index (χ0n) is 12.0. The molecule has 0 bridgehead atoms. The van der Waals surface area contributed by atoms with Gasteiger partial charge in [-0.3, -0.25) is 4.79 Å². The van der Waals surface area contributed by atoms with Gasteiger partial charge < -0.3 is 15.2 Å². The Labute approximate surface area is 114 Å². The lowest BCUT2D eigenvalue weighted by Crippen LogP contribution is -2.54. The number of aliphatic hydroxyl groups excluding tert-OH is 1. The van der Waals surface area contributed by atoms with E-state index in [2.05, 4.69) is 5.32 Å². The van der Waals surface area contributed by atoms with Crippen molar-refractivity contribution in [3.8, 4) is 5.75 Å². The van der Waals surface area contributed by atoms with E-state index in [1.165, 1.54) is 0 Å². The Morgan fingerprint density at radius 3 is 2.42 bits per heavy atom. The van der Waals surface area contributed by atoms with Gasteiger partial charge in [-0.1, -0.05) is 25.1 Å². The van der Waals surface area contributed by atoms with E-state index in [-0.39, 0.29) is 5.91 Å². The Morgan fingerprint density at radius 2 is 1.95 bits per heavy atom. The van der Waals surface area contributed by atoms with Crippen molar-refractivity contribution in [3.05, 3.63) is 30.3 Å². The van der Waals surface area contributed by atoms with Crippen molar-refractivity contribution in [2.24, 2.45) is 0 Å². The van der Waals surface area contributed by atoms with E-state index < -0.39 is 17.7 Å². The van der Waals surface area contributed by atoms with Gasteiger partial charge in [-0.25, -0.2) is 0 Å². The summed E-state index contributed by atoms with van der Waals surface area (Å²) < 4.78 is 5.66. The molecule has 4 nitrogen and oxygen atoms in total. The first-order valence-corrected chi connectivity index (χ1v) is 6.58. The van der Waals surface area contributed by atoms with Gasteiger partial charge in [0.05, 0.1) is 11.6 Å². The second-order valence-corrected chi connectivity index (χ2v) is 5.21. The fourth-order valence-electron chi connectivity index (χ4n) is 1.49. The third kappa shape index (κ3) is 4.56. The van der Waals surface area contributed by atoms with Gasteiger partial charge in [0, 0.05) is 0 Å². The Balaban J connectivity index is 2.68. The average Bonchev–Trinajstić information content (AvgIpc) is 2.36. The van der Waals surface area contributed by atoms with Gasteiger partial charge in [-0.05, 0) is 39.3 Å². The first-order valence-electron chi connectivity index (χ1n) is 6.58. The number of hydrogen-bond donors (Lipinski definition) is 2. The van der Waals surface area contributed by atoms with Gasteiger partial charge in [-0.2, -0.15) is 0 Å². The van der Waals surface area contributed by atoms with E-state index >= 15 is 0 Å². The number of hydrogen-bond acceptors (Lipinski definition) is 3. The molecule has 0 aromatic heterocycles. The van der Waals surface area contributed by atoms with Crippen molar-refractivity contribution >= 4 is 5.91 Å². The standard InChI is InChI=1S/C15H23NO3/c1-5-13(19-12-9-7-6-8-10-12)14(18)16-15(3,4)11(2)17/h6-11,13,17H,5H2,1-4H3,(H,16,18). The maximum atomic E-state index is 12.2. The lowest BCUT2D eigenvalue weighted by Gasteiger charge is -2.31. The van der Waals surface area contributed by atoms with E-state index in [1.807, 2.05) is 37.3 Å². The van der Waals surface area contributed by atoms with E-state index in [0.29, 0.717) is 12.2 Å². The summed E-state index contributed by atoms with van der Waals surface area (Å²) in [5.41, 5.74) is -0.676. The van der Waals surface area contributed by atoms with Crippen molar-refractivity contribution < 1.29 is 14.6 Å². The van der Waals surface area contributed by atoms with Crippen molar-refractivity contribution in [3.63, 3.8) is 0 Å². The molecule has 2 unspecified atom stereocenters. The highest BCUT2D eigenvalue weighted by Crippen LogP contribution is 2.14. The topological polar surface area (TPSA) is 58.6 Å². The number of carbonyl (C=O) groups excluding carboxylic acids is 1. The molecular weight excluding hydrogens is 242 g/mol. The van der Waals surface area contributed by atoms with Crippen LogP contribution in [0.2, 0.25) is 0 Å². The van der Waals surface area contributed by atoms with E-state index in [1.54, 1.807) is 20.8 Å². The fourth-order valence-corrected chi connectivity index (χ4v) is 1.49. The Morgan fingerprint density at radius 1 is 1.37 bits per heavy atom. The minimum atomic E-state index is -0.676. The Bertz CT molecular complexity index is 401. The Kier molecular flexibility index (Phi) is 5.36. The molecular formula is C15H23NO3. The predicted molar refractivity (Wildman–Crippen MR) is 75.1 cm³/mol. The summed E-state index contributed by atoms with van der Waals surface area (Å²) in [5, 5.41) is 12.4. The molecule has 2 atom stereocenters. The number of carbonyl (C=O) groups is 1. The van der Waals surface area contributed by atoms with Crippen molar-refractivity contribution in [2.75, 3.05) is 0 Å². The molecule has 19 heavy (non-hydrogen) atoms. The number of amides is 1. The molecule has 0 saturated heterocycles. The number of nitrogens with one attached hydrogen (secondary N) is 1. The molecule has 0 radical (unpaired) electrons. The van der Waals surface area contributed by atoms with Crippen LogP contribution in [0.4, 0.5) is 0 Å². The molecule has 1 amide bonds. The van der Waals surface area contributed by atoms with Crippen LogP contribution < -0.4 is 10.1 Å². The normalized spacial score (nSPS) is 14.6. The molecule has 0 aliphatic heterocycles. The van der Waals surface area contributed by atoms with E-state index in [4.69, 9.17) is 4.74 Å². The highest BCUT2D eigenvalue weighted by molar-refractivity contribution is 5.81. The summed E-state index contributed by atoms with van der Waals surface area (Å²) in [6.45, 7) is 7.11. The quantitative estimate of drug-likeness (QED) is 0.828. The summed E-state index contributed by atoms with van der Waals surface area (Å²) in [6, 6.07) is 9.25. The fraction of sp³-hybridized carbons (Fsp3) is 0.533. The third-order valence-corrected chi connectivity index (χ3v) is 3.17. The van der Waals surface area contributed by atoms with Crippen LogP contribution in [0.1, 0.15) is 34.1 Å². The van der Waals surface area contributed by atoms with Crippen LogP contribution in [0.25, 0.3) is 0 Å². The summed E-state index contributed by atoms with van der Waals surface area (Å²) >= 11 is 0.